The summed E-state index contributed by atoms with van der Waals surface area (Å²) in [5.41, 5.74) is 7.44. The van der Waals surface area contributed by atoms with Gasteiger partial charge in [0.15, 0.2) is 0 Å². The number of likely N-dealkylation sites (tertiary alicyclic amines) is 2. The lowest BCUT2D eigenvalue weighted by Crippen LogP contribution is -2.48. The molecule has 0 aromatic heterocycles. The zero-order valence-electron chi connectivity index (χ0n) is 17.3. The van der Waals surface area contributed by atoms with Gasteiger partial charge in [-0.15, -0.1) is 24.8 Å². The molecule has 2 aliphatic rings. The molecule has 2 N–H and O–H groups in total. The van der Waals surface area contributed by atoms with Gasteiger partial charge in [-0.3, -0.25) is 4.79 Å². The van der Waals surface area contributed by atoms with Crippen molar-refractivity contribution in [3.63, 3.8) is 0 Å². The largest absolute Gasteiger partial charge is 0.342 e. The standard InChI is InChI=1S/C22H35N3O.2ClH/c1-17-9-6-7-13-24(17)15-19-10-8-14-25(16-19)22(26)18(2)21(23)20-11-4-3-5-12-20;;/h3-5,11-12,17-19,21H,6-10,13-16,23H2,1-2H3;2*1H. The predicted octanol–water partition coefficient (Wildman–Crippen LogP) is 4.28. The molecule has 0 aliphatic carbocycles. The molecular formula is C22H37Cl2N3O. The fourth-order valence-electron chi connectivity index (χ4n) is 4.58. The van der Waals surface area contributed by atoms with E-state index in [-0.39, 0.29) is 42.7 Å². The Balaban J connectivity index is 0.00000196. The van der Waals surface area contributed by atoms with Gasteiger partial charge in [-0.25, -0.2) is 0 Å². The zero-order valence-corrected chi connectivity index (χ0v) is 18.9. The van der Waals surface area contributed by atoms with Crippen LogP contribution in [0.1, 0.15) is 57.6 Å². The van der Waals surface area contributed by atoms with Crippen LogP contribution in [0, 0.1) is 11.8 Å². The van der Waals surface area contributed by atoms with Gasteiger partial charge in [0, 0.05) is 31.7 Å². The van der Waals surface area contributed by atoms with Gasteiger partial charge in [-0.1, -0.05) is 43.7 Å². The van der Waals surface area contributed by atoms with Crippen LogP contribution in [0.2, 0.25) is 0 Å². The number of piperidine rings is 2. The Hall–Kier alpha value is -0.810. The van der Waals surface area contributed by atoms with Gasteiger partial charge in [0.05, 0.1) is 5.92 Å². The third-order valence-corrected chi connectivity index (χ3v) is 6.38. The van der Waals surface area contributed by atoms with E-state index in [9.17, 15) is 4.79 Å². The SMILES string of the molecule is CC(C(=O)N1CCCC(CN2CCCCC2C)C1)C(N)c1ccccc1.Cl.Cl. The van der Waals surface area contributed by atoms with Crippen LogP contribution >= 0.6 is 24.8 Å². The molecule has 4 atom stereocenters. The summed E-state index contributed by atoms with van der Waals surface area (Å²) in [5, 5.41) is 0. The first-order valence-electron chi connectivity index (χ1n) is 10.4. The van der Waals surface area contributed by atoms with Crippen molar-refractivity contribution in [3.8, 4) is 0 Å². The van der Waals surface area contributed by atoms with Crippen LogP contribution in [0.4, 0.5) is 0 Å². The molecule has 1 amide bonds. The first-order chi connectivity index (χ1) is 12.6. The summed E-state index contributed by atoms with van der Waals surface area (Å²) in [7, 11) is 0. The second kappa shape index (κ2) is 12.0. The maximum absolute atomic E-state index is 13.0. The maximum atomic E-state index is 13.0. The maximum Gasteiger partial charge on any atom is 0.227 e. The van der Waals surface area contributed by atoms with E-state index in [0.29, 0.717) is 12.0 Å². The van der Waals surface area contributed by atoms with Crippen LogP contribution in [0.5, 0.6) is 0 Å². The molecule has 28 heavy (non-hydrogen) atoms. The van der Waals surface area contributed by atoms with Crippen molar-refractivity contribution in [1.29, 1.82) is 0 Å². The van der Waals surface area contributed by atoms with Gasteiger partial charge in [-0.2, -0.15) is 0 Å². The Morgan fingerprint density at radius 3 is 2.50 bits per heavy atom. The van der Waals surface area contributed by atoms with E-state index in [4.69, 9.17) is 5.73 Å². The molecule has 3 rings (SSSR count). The van der Waals surface area contributed by atoms with E-state index in [1.807, 2.05) is 37.3 Å². The molecule has 6 heteroatoms. The minimum atomic E-state index is -0.230. The average Bonchev–Trinajstić information content (AvgIpc) is 2.69. The molecular weight excluding hydrogens is 393 g/mol. The summed E-state index contributed by atoms with van der Waals surface area (Å²) in [6.45, 7) is 8.48. The van der Waals surface area contributed by atoms with Crippen molar-refractivity contribution in [3.05, 3.63) is 35.9 Å². The van der Waals surface area contributed by atoms with E-state index < -0.39 is 0 Å². The fourth-order valence-corrected chi connectivity index (χ4v) is 4.58. The van der Waals surface area contributed by atoms with Gasteiger partial charge >= 0.3 is 0 Å². The first kappa shape index (κ1) is 25.2. The summed E-state index contributed by atoms with van der Waals surface area (Å²) in [6.07, 6.45) is 6.36. The fraction of sp³-hybridized carbons (Fsp3) is 0.682. The molecule has 1 aromatic carbocycles. The van der Waals surface area contributed by atoms with Crippen LogP contribution in [-0.4, -0.2) is 47.9 Å². The van der Waals surface area contributed by atoms with Crippen LogP contribution in [0.25, 0.3) is 0 Å². The Morgan fingerprint density at radius 2 is 1.82 bits per heavy atom. The third kappa shape index (κ3) is 6.35. The number of hydrogen-bond acceptors (Lipinski definition) is 3. The first-order valence-corrected chi connectivity index (χ1v) is 10.4. The molecule has 2 fully saturated rings. The lowest BCUT2D eigenvalue weighted by atomic mass is 9.91. The van der Waals surface area contributed by atoms with Gasteiger partial charge in [0.1, 0.15) is 0 Å². The van der Waals surface area contributed by atoms with Crippen molar-refractivity contribution in [1.82, 2.24) is 9.80 Å². The van der Waals surface area contributed by atoms with E-state index >= 15 is 0 Å². The normalized spacial score (nSPS) is 25.2. The summed E-state index contributed by atoms with van der Waals surface area (Å²) >= 11 is 0. The van der Waals surface area contributed by atoms with Gasteiger partial charge in [-0.05, 0) is 50.6 Å². The second-order valence-corrected chi connectivity index (χ2v) is 8.36. The van der Waals surface area contributed by atoms with Crippen LogP contribution < -0.4 is 5.73 Å². The van der Waals surface area contributed by atoms with Crippen molar-refractivity contribution in [2.24, 2.45) is 17.6 Å². The third-order valence-electron chi connectivity index (χ3n) is 6.38. The molecule has 0 bridgehead atoms. The highest BCUT2D eigenvalue weighted by molar-refractivity contribution is 5.85. The Labute approximate surface area is 183 Å². The number of carbonyl (C=O) groups excluding carboxylic acids is 1. The molecule has 4 nitrogen and oxygen atoms in total. The van der Waals surface area contributed by atoms with E-state index in [1.54, 1.807) is 0 Å². The number of benzene rings is 1. The monoisotopic (exact) mass is 429 g/mol. The highest BCUT2D eigenvalue weighted by Crippen LogP contribution is 2.26. The van der Waals surface area contributed by atoms with E-state index in [1.165, 1.54) is 32.2 Å². The molecule has 160 valence electrons. The van der Waals surface area contributed by atoms with Crippen LogP contribution in [0.15, 0.2) is 30.3 Å². The lowest BCUT2D eigenvalue weighted by Gasteiger charge is -2.40. The topological polar surface area (TPSA) is 49.6 Å². The molecule has 0 spiro atoms. The molecule has 1 aromatic rings. The van der Waals surface area contributed by atoms with Crippen molar-refractivity contribution >= 4 is 30.7 Å². The summed E-state index contributed by atoms with van der Waals surface area (Å²) in [5.74, 6) is 0.649. The number of carbonyl (C=O) groups is 1. The van der Waals surface area contributed by atoms with Crippen LogP contribution in [-0.2, 0) is 4.79 Å². The van der Waals surface area contributed by atoms with E-state index in [0.717, 1.165) is 31.6 Å². The summed E-state index contributed by atoms with van der Waals surface area (Å²) in [6, 6.07) is 10.5. The van der Waals surface area contributed by atoms with Gasteiger partial charge in [0.2, 0.25) is 5.91 Å². The van der Waals surface area contributed by atoms with Gasteiger partial charge in [0.25, 0.3) is 0 Å². The van der Waals surface area contributed by atoms with E-state index in [2.05, 4.69) is 16.7 Å². The van der Waals surface area contributed by atoms with Crippen molar-refractivity contribution in [2.75, 3.05) is 26.2 Å². The lowest BCUT2D eigenvalue weighted by molar-refractivity contribution is -0.137. The highest BCUT2D eigenvalue weighted by atomic mass is 35.5. The van der Waals surface area contributed by atoms with Crippen molar-refractivity contribution < 1.29 is 4.79 Å². The number of nitrogens with zero attached hydrogens (tertiary/aromatic N) is 2. The van der Waals surface area contributed by atoms with Gasteiger partial charge < -0.3 is 15.5 Å². The smallest absolute Gasteiger partial charge is 0.227 e. The number of rotatable bonds is 5. The number of halogens is 2. The molecule has 4 unspecified atom stereocenters. The molecule has 0 radical (unpaired) electrons. The predicted molar refractivity (Wildman–Crippen MR) is 121 cm³/mol. The minimum Gasteiger partial charge on any atom is -0.342 e. The molecule has 0 saturated carbocycles. The Morgan fingerprint density at radius 1 is 1.11 bits per heavy atom. The molecule has 2 saturated heterocycles. The molecule has 2 aliphatic heterocycles. The quantitative estimate of drug-likeness (QED) is 0.759. The Kier molecular flexibility index (Phi) is 10.8. The number of amides is 1. The highest BCUT2D eigenvalue weighted by Gasteiger charge is 2.31. The minimum absolute atomic E-state index is 0. The number of hydrogen-bond donors (Lipinski definition) is 1. The Bertz CT molecular complexity index is 586. The molecule has 2 heterocycles. The number of nitrogens with two attached hydrogens (primary N) is 1. The van der Waals surface area contributed by atoms with Crippen molar-refractivity contribution in [2.45, 2.75) is 58.0 Å². The van der Waals surface area contributed by atoms with Crippen LogP contribution in [0.3, 0.4) is 0 Å². The average molecular weight is 430 g/mol. The summed E-state index contributed by atoms with van der Waals surface area (Å²) in [4.78, 5) is 17.8. The zero-order chi connectivity index (χ0) is 18.5. The summed E-state index contributed by atoms with van der Waals surface area (Å²) < 4.78 is 0. The second-order valence-electron chi connectivity index (χ2n) is 8.36.